The van der Waals surface area contributed by atoms with Crippen molar-refractivity contribution in [3.8, 4) is 6.07 Å². The van der Waals surface area contributed by atoms with Gasteiger partial charge in [0.2, 0.25) is 10.0 Å². The summed E-state index contributed by atoms with van der Waals surface area (Å²) in [7, 11) is -3.72. The van der Waals surface area contributed by atoms with Gasteiger partial charge < -0.3 is 0 Å². The van der Waals surface area contributed by atoms with Crippen molar-refractivity contribution in [2.24, 2.45) is 0 Å². The molecule has 1 saturated carbocycles. The summed E-state index contributed by atoms with van der Waals surface area (Å²) in [5, 5.41) is 8.74. The van der Waals surface area contributed by atoms with Crippen LogP contribution < -0.4 is 4.72 Å². The fourth-order valence-electron chi connectivity index (χ4n) is 2.40. The Balaban J connectivity index is 2.32. The molecule has 4 nitrogen and oxygen atoms in total. The Kier molecular flexibility index (Phi) is 3.61. The highest BCUT2D eigenvalue weighted by Crippen LogP contribution is 2.30. The van der Waals surface area contributed by atoms with E-state index in [0.717, 1.165) is 37.8 Å². The molecular weight excluding hydrogens is 267 g/mol. The van der Waals surface area contributed by atoms with Gasteiger partial charge in [0.15, 0.2) is 0 Å². The van der Waals surface area contributed by atoms with Crippen molar-refractivity contribution in [2.75, 3.05) is 0 Å². The Hall–Kier alpha value is -1.45. The fourth-order valence-corrected chi connectivity index (χ4v) is 3.89. The van der Waals surface area contributed by atoms with Gasteiger partial charge in [0.1, 0.15) is 11.9 Å². The summed E-state index contributed by atoms with van der Waals surface area (Å²) in [6.45, 7) is 1.87. The summed E-state index contributed by atoms with van der Waals surface area (Å²) in [5.41, 5.74) is -0.709. The van der Waals surface area contributed by atoms with Crippen LogP contribution in [0, 0.1) is 17.1 Å². The van der Waals surface area contributed by atoms with Crippen LogP contribution in [0.1, 0.15) is 38.2 Å². The largest absolute Gasteiger partial charge is 0.241 e. The van der Waals surface area contributed by atoms with E-state index in [9.17, 15) is 12.8 Å². The van der Waals surface area contributed by atoms with Crippen LogP contribution in [0.15, 0.2) is 23.1 Å². The molecule has 6 heteroatoms. The number of benzene rings is 1. The second-order valence-electron chi connectivity index (χ2n) is 5.13. The van der Waals surface area contributed by atoms with Gasteiger partial charge in [-0.25, -0.2) is 17.5 Å². The van der Waals surface area contributed by atoms with Crippen molar-refractivity contribution in [3.63, 3.8) is 0 Å². The first kappa shape index (κ1) is 14.0. The predicted octanol–water partition coefficient (Wildman–Crippen LogP) is 2.31. The van der Waals surface area contributed by atoms with Crippen molar-refractivity contribution in [3.05, 3.63) is 29.6 Å². The zero-order chi connectivity index (χ0) is 14.1. The van der Waals surface area contributed by atoms with E-state index in [-0.39, 0.29) is 10.5 Å². The quantitative estimate of drug-likeness (QED) is 0.924. The van der Waals surface area contributed by atoms with E-state index in [4.69, 9.17) is 5.26 Å². The van der Waals surface area contributed by atoms with Crippen LogP contribution in [0.4, 0.5) is 4.39 Å². The topological polar surface area (TPSA) is 70.0 Å². The smallest absolute Gasteiger partial charge is 0.207 e. The third kappa shape index (κ3) is 2.94. The second kappa shape index (κ2) is 4.91. The number of rotatable bonds is 3. The third-order valence-electron chi connectivity index (χ3n) is 3.46. The number of nitriles is 1. The van der Waals surface area contributed by atoms with Crippen LogP contribution in [-0.4, -0.2) is 14.0 Å². The summed E-state index contributed by atoms with van der Waals surface area (Å²) in [6, 6.07) is 4.89. The number of sulfonamides is 1. The van der Waals surface area contributed by atoms with Gasteiger partial charge in [0, 0.05) is 5.54 Å². The van der Waals surface area contributed by atoms with Gasteiger partial charge in [-0.15, -0.1) is 0 Å². The lowest BCUT2D eigenvalue weighted by atomic mass is 10.0. The zero-order valence-electron chi connectivity index (χ0n) is 10.6. The van der Waals surface area contributed by atoms with Gasteiger partial charge in [-0.3, -0.25) is 0 Å². The summed E-state index contributed by atoms with van der Waals surface area (Å²) in [5.74, 6) is -0.714. The molecule has 0 aromatic heterocycles. The Morgan fingerprint density at radius 3 is 2.58 bits per heavy atom. The SMILES string of the molecule is CC1(NS(=O)(=O)c2ccc(F)c(C#N)c2)CCCC1. The lowest BCUT2D eigenvalue weighted by Crippen LogP contribution is -2.43. The molecule has 0 unspecified atom stereocenters. The average Bonchev–Trinajstić information content (AvgIpc) is 2.75. The van der Waals surface area contributed by atoms with Gasteiger partial charge in [-0.05, 0) is 38.0 Å². The van der Waals surface area contributed by atoms with Crippen LogP contribution in [0.25, 0.3) is 0 Å². The third-order valence-corrected chi connectivity index (χ3v) is 5.09. The Morgan fingerprint density at radius 2 is 2.00 bits per heavy atom. The molecule has 19 heavy (non-hydrogen) atoms. The van der Waals surface area contributed by atoms with Crippen LogP contribution in [-0.2, 0) is 10.0 Å². The Morgan fingerprint density at radius 1 is 1.37 bits per heavy atom. The molecule has 1 aliphatic carbocycles. The molecular formula is C13H15FN2O2S. The van der Waals surface area contributed by atoms with Gasteiger partial charge >= 0.3 is 0 Å². The molecule has 0 radical (unpaired) electrons. The summed E-state index contributed by atoms with van der Waals surface area (Å²) >= 11 is 0. The molecule has 1 fully saturated rings. The Labute approximate surface area is 112 Å². The van der Waals surface area contributed by atoms with Crippen LogP contribution in [0.5, 0.6) is 0 Å². The molecule has 1 aromatic carbocycles. The molecule has 0 saturated heterocycles. The monoisotopic (exact) mass is 282 g/mol. The van der Waals surface area contributed by atoms with E-state index in [0.29, 0.717) is 0 Å². The molecule has 1 aliphatic rings. The molecule has 0 aliphatic heterocycles. The van der Waals surface area contributed by atoms with Gasteiger partial charge in [0.25, 0.3) is 0 Å². The second-order valence-corrected chi connectivity index (χ2v) is 6.81. The first-order valence-electron chi connectivity index (χ1n) is 6.10. The fraction of sp³-hybridized carbons (Fsp3) is 0.462. The molecule has 102 valence electrons. The van der Waals surface area contributed by atoms with Gasteiger partial charge in [-0.1, -0.05) is 12.8 Å². The first-order chi connectivity index (χ1) is 8.86. The Bertz CT molecular complexity index is 629. The van der Waals surface area contributed by atoms with E-state index in [1.807, 2.05) is 6.92 Å². The molecule has 1 aromatic rings. The first-order valence-corrected chi connectivity index (χ1v) is 7.58. The molecule has 1 N–H and O–H groups in total. The standard InChI is InChI=1S/C13H15FN2O2S/c1-13(6-2-3-7-13)16-19(17,18)11-4-5-12(14)10(8-11)9-15/h4-5,8,16H,2-3,6-7H2,1H3. The average molecular weight is 282 g/mol. The summed E-state index contributed by atoms with van der Waals surface area (Å²) in [6.07, 6.45) is 3.56. The van der Waals surface area contributed by atoms with Crippen LogP contribution >= 0.6 is 0 Å². The van der Waals surface area contributed by atoms with Crippen molar-refractivity contribution < 1.29 is 12.8 Å². The summed E-state index contributed by atoms with van der Waals surface area (Å²) in [4.78, 5) is -0.0708. The van der Waals surface area contributed by atoms with Crippen molar-refractivity contribution >= 4 is 10.0 Å². The highest BCUT2D eigenvalue weighted by atomic mass is 32.2. The zero-order valence-corrected chi connectivity index (χ0v) is 11.4. The van der Waals surface area contributed by atoms with Crippen LogP contribution in [0.2, 0.25) is 0 Å². The maximum atomic E-state index is 13.2. The van der Waals surface area contributed by atoms with Crippen LogP contribution in [0.3, 0.4) is 0 Å². The molecule has 2 rings (SSSR count). The number of nitrogens with zero attached hydrogens (tertiary/aromatic N) is 1. The lowest BCUT2D eigenvalue weighted by molar-refractivity contribution is 0.427. The molecule has 0 bridgehead atoms. The predicted molar refractivity (Wildman–Crippen MR) is 68.3 cm³/mol. The lowest BCUT2D eigenvalue weighted by Gasteiger charge is -2.24. The van der Waals surface area contributed by atoms with Crippen molar-refractivity contribution in [1.29, 1.82) is 5.26 Å². The highest BCUT2D eigenvalue weighted by molar-refractivity contribution is 7.89. The molecule has 0 amide bonds. The molecule has 0 heterocycles. The van der Waals surface area contributed by atoms with E-state index in [1.165, 1.54) is 6.07 Å². The van der Waals surface area contributed by atoms with Gasteiger partial charge in [-0.2, -0.15) is 5.26 Å². The van der Waals surface area contributed by atoms with Gasteiger partial charge in [0.05, 0.1) is 10.5 Å². The molecule has 0 spiro atoms. The van der Waals surface area contributed by atoms with Crippen molar-refractivity contribution in [1.82, 2.24) is 4.72 Å². The number of nitrogens with one attached hydrogen (secondary N) is 1. The number of halogens is 1. The summed E-state index contributed by atoms with van der Waals surface area (Å²) < 4.78 is 40.3. The van der Waals surface area contributed by atoms with E-state index >= 15 is 0 Å². The van der Waals surface area contributed by atoms with E-state index in [2.05, 4.69) is 4.72 Å². The van der Waals surface area contributed by atoms with Crippen molar-refractivity contribution in [2.45, 2.75) is 43.0 Å². The number of hydrogen-bond donors (Lipinski definition) is 1. The molecule has 0 atom stereocenters. The minimum atomic E-state index is -3.72. The minimum Gasteiger partial charge on any atom is -0.207 e. The maximum Gasteiger partial charge on any atom is 0.241 e. The van der Waals surface area contributed by atoms with E-state index in [1.54, 1.807) is 6.07 Å². The van der Waals surface area contributed by atoms with E-state index < -0.39 is 21.4 Å². The minimum absolute atomic E-state index is 0.0708. The maximum absolute atomic E-state index is 13.2. The number of hydrogen-bond acceptors (Lipinski definition) is 3. The normalized spacial score (nSPS) is 18.2. The highest BCUT2D eigenvalue weighted by Gasteiger charge is 2.33.